The largest absolute Gasteiger partial charge is 0.393 e. The number of carbonyl (C=O) groups excluding carboxylic acids is 1. The molecule has 0 aliphatic rings. The first-order valence-corrected chi connectivity index (χ1v) is 7.05. The van der Waals surface area contributed by atoms with Gasteiger partial charge in [-0.05, 0) is 31.0 Å². The van der Waals surface area contributed by atoms with Crippen molar-refractivity contribution in [1.29, 1.82) is 0 Å². The van der Waals surface area contributed by atoms with E-state index >= 15 is 0 Å². The minimum atomic E-state index is -0.551. The minimum absolute atomic E-state index is 0.184. The first kappa shape index (κ1) is 15.1. The number of aromatic nitrogens is 1. The van der Waals surface area contributed by atoms with Gasteiger partial charge in [0.25, 0.3) is 0 Å². The number of pyridine rings is 1. The SMILES string of the molecule is Cc1cccc(NC(=O)C(Cc2ccccc2)C(N)=S)n1. The maximum Gasteiger partial charge on any atom is 0.235 e. The summed E-state index contributed by atoms with van der Waals surface area (Å²) in [5.74, 6) is -0.275. The Hall–Kier alpha value is -2.27. The van der Waals surface area contributed by atoms with E-state index in [1.807, 2.05) is 49.4 Å². The molecule has 0 saturated heterocycles. The van der Waals surface area contributed by atoms with Crippen molar-refractivity contribution in [3.8, 4) is 0 Å². The van der Waals surface area contributed by atoms with E-state index in [1.165, 1.54) is 0 Å². The summed E-state index contributed by atoms with van der Waals surface area (Å²) in [7, 11) is 0. The summed E-state index contributed by atoms with van der Waals surface area (Å²) in [5, 5.41) is 2.77. The fourth-order valence-electron chi connectivity index (χ4n) is 2.00. The second kappa shape index (κ2) is 6.95. The number of thiocarbonyl (C=S) groups is 1. The van der Waals surface area contributed by atoms with Crippen LogP contribution in [-0.4, -0.2) is 15.9 Å². The second-order valence-electron chi connectivity index (χ2n) is 4.80. The molecule has 108 valence electrons. The van der Waals surface area contributed by atoms with E-state index in [0.29, 0.717) is 12.2 Å². The lowest BCUT2D eigenvalue weighted by molar-refractivity contribution is -0.118. The lowest BCUT2D eigenvalue weighted by Crippen LogP contribution is -2.35. The molecule has 4 nitrogen and oxygen atoms in total. The topological polar surface area (TPSA) is 68.0 Å². The van der Waals surface area contributed by atoms with Gasteiger partial charge in [-0.3, -0.25) is 4.79 Å². The van der Waals surface area contributed by atoms with Crippen molar-refractivity contribution < 1.29 is 4.79 Å². The second-order valence-corrected chi connectivity index (χ2v) is 5.27. The van der Waals surface area contributed by atoms with Gasteiger partial charge in [0, 0.05) is 5.69 Å². The van der Waals surface area contributed by atoms with Gasteiger partial charge in [0.15, 0.2) is 0 Å². The number of hydrogen-bond donors (Lipinski definition) is 2. The predicted molar refractivity (Wildman–Crippen MR) is 88.0 cm³/mol. The van der Waals surface area contributed by atoms with E-state index in [2.05, 4.69) is 10.3 Å². The molecule has 21 heavy (non-hydrogen) atoms. The van der Waals surface area contributed by atoms with Crippen LogP contribution in [0.3, 0.4) is 0 Å². The summed E-state index contributed by atoms with van der Waals surface area (Å²) in [6.07, 6.45) is 0.480. The minimum Gasteiger partial charge on any atom is -0.393 e. The van der Waals surface area contributed by atoms with E-state index in [4.69, 9.17) is 18.0 Å². The van der Waals surface area contributed by atoms with Crippen molar-refractivity contribution in [2.75, 3.05) is 5.32 Å². The first-order chi connectivity index (χ1) is 10.1. The zero-order chi connectivity index (χ0) is 15.2. The number of anilines is 1. The third kappa shape index (κ3) is 4.36. The van der Waals surface area contributed by atoms with Crippen LogP contribution < -0.4 is 11.1 Å². The maximum absolute atomic E-state index is 12.4. The predicted octanol–water partition coefficient (Wildman–Crippen LogP) is 2.47. The highest BCUT2D eigenvalue weighted by Gasteiger charge is 2.22. The van der Waals surface area contributed by atoms with E-state index < -0.39 is 5.92 Å². The van der Waals surface area contributed by atoms with E-state index in [9.17, 15) is 4.79 Å². The molecule has 1 heterocycles. The molecule has 1 atom stereocenters. The Balaban J connectivity index is 2.11. The van der Waals surface area contributed by atoms with Crippen molar-refractivity contribution in [1.82, 2.24) is 4.98 Å². The molecule has 0 bridgehead atoms. The lowest BCUT2D eigenvalue weighted by atomic mass is 9.98. The van der Waals surface area contributed by atoms with Crippen molar-refractivity contribution in [3.05, 3.63) is 59.8 Å². The maximum atomic E-state index is 12.4. The van der Waals surface area contributed by atoms with Crippen LogP contribution in [-0.2, 0) is 11.2 Å². The van der Waals surface area contributed by atoms with Crippen molar-refractivity contribution in [3.63, 3.8) is 0 Å². The fraction of sp³-hybridized carbons (Fsp3) is 0.188. The molecule has 2 rings (SSSR count). The molecule has 0 fully saturated rings. The Morgan fingerprint density at radius 1 is 1.24 bits per heavy atom. The zero-order valence-corrected chi connectivity index (χ0v) is 12.6. The monoisotopic (exact) mass is 299 g/mol. The van der Waals surface area contributed by atoms with Crippen LogP contribution in [0.15, 0.2) is 48.5 Å². The highest BCUT2D eigenvalue weighted by molar-refractivity contribution is 7.80. The number of aryl methyl sites for hydroxylation is 1. The van der Waals surface area contributed by atoms with Gasteiger partial charge in [-0.2, -0.15) is 0 Å². The Kier molecular flexibility index (Phi) is 5.00. The van der Waals surface area contributed by atoms with Gasteiger partial charge < -0.3 is 11.1 Å². The fourth-order valence-corrected chi connectivity index (χ4v) is 2.19. The molecule has 1 amide bonds. The zero-order valence-electron chi connectivity index (χ0n) is 11.7. The van der Waals surface area contributed by atoms with E-state index in [-0.39, 0.29) is 10.9 Å². The number of rotatable bonds is 5. The quantitative estimate of drug-likeness (QED) is 0.832. The van der Waals surface area contributed by atoms with E-state index in [1.54, 1.807) is 6.07 Å². The highest BCUT2D eigenvalue weighted by atomic mass is 32.1. The standard InChI is InChI=1S/C16H17N3OS/c1-11-6-5-9-14(18-11)19-16(20)13(15(17)21)10-12-7-3-2-4-8-12/h2-9,13H,10H2,1H3,(H2,17,21)(H,18,19,20). The van der Waals surface area contributed by atoms with Crippen molar-refractivity contribution >= 4 is 28.9 Å². The number of nitrogens with zero attached hydrogens (tertiary/aromatic N) is 1. The number of amides is 1. The lowest BCUT2D eigenvalue weighted by Gasteiger charge is -2.15. The molecule has 0 aliphatic carbocycles. The Morgan fingerprint density at radius 2 is 1.95 bits per heavy atom. The highest BCUT2D eigenvalue weighted by Crippen LogP contribution is 2.13. The van der Waals surface area contributed by atoms with Crippen LogP contribution in [0.2, 0.25) is 0 Å². The van der Waals surface area contributed by atoms with Gasteiger partial charge in [-0.25, -0.2) is 4.98 Å². The normalized spacial score (nSPS) is 11.7. The first-order valence-electron chi connectivity index (χ1n) is 6.64. The van der Waals surface area contributed by atoms with Crippen LogP contribution in [0.25, 0.3) is 0 Å². The number of benzene rings is 1. The summed E-state index contributed by atoms with van der Waals surface area (Å²) < 4.78 is 0. The molecule has 0 saturated carbocycles. The van der Waals surface area contributed by atoms with Crippen LogP contribution in [0, 0.1) is 12.8 Å². The summed E-state index contributed by atoms with van der Waals surface area (Å²) in [5.41, 5.74) is 7.57. The average molecular weight is 299 g/mol. The molecule has 0 radical (unpaired) electrons. The summed E-state index contributed by atoms with van der Waals surface area (Å²) in [6.45, 7) is 1.87. The third-order valence-electron chi connectivity index (χ3n) is 3.08. The van der Waals surface area contributed by atoms with E-state index in [0.717, 1.165) is 11.3 Å². The molecular formula is C16H17N3OS. The molecule has 2 aromatic rings. The Bertz CT molecular complexity index is 643. The molecule has 0 aliphatic heterocycles. The van der Waals surface area contributed by atoms with Gasteiger partial charge in [-0.1, -0.05) is 48.6 Å². The number of hydrogen-bond acceptors (Lipinski definition) is 3. The van der Waals surface area contributed by atoms with Crippen LogP contribution in [0.5, 0.6) is 0 Å². The van der Waals surface area contributed by atoms with Gasteiger partial charge >= 0.3 is 0 Å². The molecule has 3 N–H and O–H groups in total. The van der Waals surface area contributed by atoms with Gasteiger partial charge in [0.2, 0.25) is 5.91 Å². The molecule has 0 spiro atoms. The van der Waals surface area contributed by atoms with Crippen molar-refractivity contribution in [2.24, 2.45) is 11.7 Å². The summed E-state index contributed by atoms with van der Waals surface area (Å²) in [4.78, 5) is 16.8. The Morgan fingerprint density at radius 3 is 2.57 bits per heavy atom. The van der Waals surface area contributed by atoms with Crippen LogP contribution in [0.1, 0.15) is 11.3 Å². The third-order valence-corrected chi connectivity index (χ3v) is 3.37. The Labute approximate surface area is 129 Å². The van der Waals surface area contributed by atoms with Gasteiger partial charge in [0.1, 0.15) is 5.82 Å². The number of carbonyl (C=O) groups is 1. The van der Waals surface area contributed by atoms with Gasteiger partial charge in [0.05, 0.1) is 10.9 Å². The molecule has 1 aromatic carbocycles. The molecule has 1 aromatic heterocycles. The molecular weight excluding hydrogens is 282 g/mol. The van der Waals surface area contributed by atoms with Crippen molar-refractivity contribution in [2.45, 2.75) is 13.3 Å². The summed E-state index contributed by atoms with van der Waals surface area (Å²) in [6, 6.07) is 15.1. The van der Waals surface area contributed by atoms with Crippen LogP contribution >= 0.6 is 12.2 Å². The van der Waals surface area contributed by atoms with Crippen LogP contribution in [0.4, 0.5) is 5.82 Å². The smallest absolute Gasteiger partial charge is 0.235 e. The van der Waals surface area contributed by atoms with Gasteiger partial charge in [-0.15, -0.1) is 0 Å². The number of nitrogens with one attached hydrogen (secondary N) is 1. The number of nitrogens with two attached hydrogens (primary N) is 1. The average Bonchev–Trinajstić information content (AvgIpc) is 2.45. The summed E-state index contributed by atoms with van der Waals surface area (Å²) >= 11 is 5.03. The molecule has 1 unspecified atom stereocenters. The molecule has 5 heteroatoms.